The highest BCUT2D eigenvalue weighted by Crippen LogP contribution is 2.28. The van der Waals surface area contributed by atoms with Crippen LogP contribution >= 0.6 is 0 Å². The normalized spacial score (nSPS) is 15.5. The van der Waals surface area contributed by atoms with Crippen molar-refractivity contribution < 1.29 is 22.0 Å². The van der Waals surface area contributed by atoms with Crippen molar-refractivity contribution in [1.82, 2.24) is 9.62 Å². The maximum Gasteiger partial charge on any atom is 0.292 e. The van der Waals surface area contributed by atoms with E-state index < -0.39 is 21.7 Å². The van der Waals surface area contributed by atoms with Crippen LogP contribution in [0.2, 0.25) is 0 Å². The highest BCUT2D eigenvalue weighted by Gasteiger charge is 2.35. The summed E-state index contributed by atoms with van der Waals surface area (Å²) in [5.41, 5.74) is 0. The number of halogens is 1. The van der Waals surface area contributed by atoms with Crippen LogP contribution in [0.5, 0.6) is 0 Å². The number of amides is 1. The second kappa shape index (κ2) is 5.30. The minimum atomic E-state index is -3.30. The largest absolute Gasteiger partial charge is 0.456 e. The fourth-order valence-corrected chi connectivity index (χ4v) is 2.23. The molecule has 1 fully saturated rings. The molecule has 1 aromatic heterocycles. The monoisotopic (exact) mass is 290 g/mol. The molecule has 0 radical (unpaired) electrons. The number of nitrogens with one attached hydrogen (secondary N) is 1. The van der Waals surface area contributed by atoms with E-state index in [1.807, 2.05) is 0 Å². The molecule has 1 aliphatic rings. The van der Waals surface area contributed by atoms with Crippen molar-refractivity contribution in [1.29, 1.82) is 0 Å². The predicted molar refractivity (Wildman–Crippen MR) is 65.6 cm³/mol. The van der Waals surface area contributed by atoms with Gasteiger partial charge in [0, 0.05) is 25.2 Å². The third kappa shape index (κ3) is 3.77. The molecule has 1 N–H and O–H groups in total. The van der Waals surface area contributed by atoms with Crippen LogP contribution in [0.25, 0.3) is 0 Å². The minimum absolute atomic E-state index is 0.0401. The average molecular weight is 290 g/mol. The quantitative estimate of drug-likeness (QED) is 0.831. The van der Waals surface area contributed by atoms with Gasteiger partial charge in [-0.2, -0.15) is 0 Å². The van der Waals surface area contributed by atoms with Crippen LogP contribution in [0.4, 0.5) is 4.39 Å². The summed E-state index contributed by atoms with van der Waals surface area (Å²) in [6.45, 7) is 0.292. The van der Waals surface area contributed by atoms with Gasteiger partial charge in [0.2, 0.25) is 15.8 Å². The lowest BCUT2D eigenvalue weighted by Crippen LogP contribution is -2.39. The summed E-state index contributed by atoms with van der Waals surface area (Å²) in [5, 5.41) is 0. The van der Waals surface area contributed by atoms with Gasteiger partial charge in [-0.1, -0.05) is 0 Å². The van der Waals surface area contributed by atoms with E-state index in [1.165, 1.54) is 4.90 Å². The third-order valence-electron chi connectivity index (χ3n) is 2.78. The van der Waals surface area contributed by atoms with Gasteiger partial charge in [-0.05, 0) is 12.8 Å². The molecular weight excluding hydrogens is 275 g/mol. The Kier molecular flexibility index (Phi) is 3.91. The van der Waals surface area contributed by atoms with Crippen LogP contribution in [0.3, 0.4) is 0 Å². The number of hydrogen-bond donors (Lipinski definition) is 1. The van der Waals surface area contributed by atoms with Gasteiger partial charge in [0.15, 0.2) is 5.82 Å². The molecule has 19 heavy (non-hydrogen) atoms. The van der Waals surface area contributed by atoms with Crippen molar-refractivity contribution in [2.24, 2.45) is 0 Å². The molecule has 1 saturated carbocycles. The Morgan fingerprint density at radius 2 is 2.26 bits per heavy atom. The number of nitrogens with zero attached hydrogens (tertiary/aromatic N) is 1. The molecule has 0 aliphatic heterocycles. The zero-order chi connectivity index (χ0) is 14.0. The molecule has 1 amide bonds. The highest BCUT2D eigenvalue weighted by atomic mass is 32.2. The standard InChI is InChI=1S/C11H15FN2O4S/c1-19(16,17)13-5-6-14(8-2-3-8)11(15)10-9(12)4-7-18-10/h4,7-8,13H,2-3,5-6H2,1H3. The molecule has 0 atom stereocenters. The first kappa shape index (κ1) is 14.0. The van der Waals surface area contributed by atoms with Crippen LogP contribution < -0.4 is 4.72 Å². The summed E-state index contributed by atoms with van der Waals surface area (Å²) in [6.07, 6.45) is 3.84. The molecule has 6 nitrogen and oxygen atoms in total. The molecule has 1 aliphatic carbocycles. The van der Waals surface area contributed by atoms with Gasteiger partial charge in [0.05, 0.1) is 12.5 Å². The smallest absolute Gasteiger partial charge is 0.292 e. The van der Waals surface area contributed by atoms with E-state index in [9.17, 15) is 17.6 Å². The second-order valence-electron chi connectivity index (χ2n) is 4.49. The number of rotatable bonds is 6. The number of furan rings is 1. The first-order chi connectivity index (χ1) is 8.88. The molecule has 2 rings (SSSR count). The second-order valence-corrected chi connectivity index (χ2v) is 6.33. The fraction of sp³-hybridized carbons (Fsp3) is 0.545. The van der Waals surface area contributed by atoms with Crippen LogP contribution in [0.1, 0.15) is 23.4 Å². The van der Waals surface area contributed by atoms with E-state index in [-0.39, 0.29) is 24.9 Å². The van der Waals surface area contributed by atoms with Gasteiger partial charge in [0.1, 0.15) is 0 Å². The Morgan fingerprint density at radius 1 is 1.58 bits per heavy atom. The number of carbonyl (C=O) groups is 1. The first-order valence-electron chi connectivity index (χ1n) is 5.87. The summed E-state index contributed by atoms with van der Waals surface area (Å²) in [6, 6.07) is 1.12. The maximum absolute atomic E-state index is 13.3. The molecule has 0 spiro atoms. The molecule has 8 heteroatoms. The zero-order valence-corrected chi connectivity index (χ0v) is 11.2. The van der Waals surface area contributed by atoms with E-state index in [0.29, 0.717) is 0 Å². The lowest BCUT2D eigenvalue weighted by Gasteiger charge is -2.21. The lowest BCUT2D eigenvalue weighted by molar-refractivity contribution is 0.0707. The predicted octanol–water partition coefficient (Wildman–Crippen LogP) is 0.572. The summed E-state index contributed by atoms with van der Waals surface area (Å²) in [5.74, 6) is -1.57. The van der Waals surface area contributed by atoms with E-state index in [2.05, 4.69) is 4.72 Å². The highest BCUT2D eigenvalue weighted by molar-refractivity contribution is 7.88. The molecule has 106 valence electrons. The van der Waals surface area contributed by atoms with E-state index in [1.54, 1.807) is 0 Å². The molecule has 1 aromatic rings. The lowest BCUT2D eigenvalue weighted by atomic mass is 10.3. The molecule has 0 saturated heterocycles. The Hall–Kier alpha value is -1.41. The van der Waals surface area contributed by atoms with E-state index >= 15 is 0 Å². The summed E-state index contributed by atoms with van der Waals surface area (Å²) < 4.78 is 42.3. The average Bonchev–Trinajstić information content (AvgIpc) is 3.05. The van der Waals surface area contributed by atoms with Crippen molar-refractivity contribution in [3.05, 3.63) is 23.9 Å². The molecule has 1 heterocycles. The Bertz CT molecular complexity index is 565. The van der Waals surface area contributed by atoms with Crippen molar-refractivity contribution in [3.8, 4) is 0 Å². The Morgan fingerprint density at radius 3 is 2.74 bits per heavy atom. The molecular formula is C11H15FN2O4S. The third-order valence-corrected chi connectivity index (χ3v) is 3.51. The number of hydrogen-bond acceptors (Lipinski definition) is 4. The van der Waals surface area contributed by atoms with Crippen molar-refractivity contribution >= 4 is 15.9 Å². The van der Waals surface area contributed by atoms with Gasteiger partial charge in [-0.3, -0.25) is 4.79 Å². The molecule has 0 bridgehead atoms. The topological polar surface area (TPSA) is 79.6 Å². The van der Waals surface area contributed by atoms with Gasteiger partial charge in [0.25, 0.3) is 5.91 Å². The minimum Gasteiger partial charge on any atom is -0.456 e. The Labute approximate surface area is 110 Å². The van der Waals surface area contributed by atoms with Crippen molar-refractivity contribution in [2.45, 2.75) is 18.9 Å². The van der Waals surface area contributed by atoms with Crippen LogP contribution in [-0.4, -0.2) is 44.6 Å². The SMILES string of the molecule is CS(=O)(=O)NCCN(C(=O)c1occc1F)C1CC1. The van der Waals surface area contributed by atoms with Crippen LogP contribution in [0.15, 0.2) is 16.7 Å². The molecule has 0 unspecified atom stereocenters. The van der Waals surface area contributed by atoms with Gasteiger partial charge < -0.3 is 9.32 Å². The maximum atomic E-state index is 13.3. The Balaban J connectivity index is 2.00. The van der Waals surface area contributed by atoms with E-state index in [0.717, 1.165) is 31.4 Å². The number of sulfonamides is 1. The van der Waals surface area contributed by atoms with Gasteiger partial charge in [-0.25, -0.2) is 17.5 Å². The van der Waals surface area contributed by atoms with Crippen molar-refractivity contribution in [3.63, 3.8) is 0 Å². The first-order valence-corrected chi connectivity index (χ1v) is 7.76. The van der Waals surface area contributed by atoms with Crippen LogP contribution in [0, 0.1) is 5.82 Å². The van der Waals surface area contributed by atoms with Crippen LogP contribution in [-0.2, 0) is 10.0 Å². The zero-order valence-electron chi connectivity index (χ0n) is 10.4. The van der Waals surface area contributed by atoms with Gasteiger partial charge >= 0.3 is 0 Å². The fourth-order valence-electron chi connectivity index (χ4n) is 1.76. The molecule has 0 aromatic carbocycles. The summed E-state index contributed by atoms with van der Waals surface area (Å²) in [7, 11) is -3.30. The summed E-state index contributed by atoms with van der Waals surface area (Å²) in [4.78, 5) is 13.5. The summed E-state index contributed by atoms with van der Waals surface area (Å²) >= 11 is 0. The van der Waals surface area contributed by atoms with E-state index in [4.69, 9.17) is 4.42 Å². The van der Waals surface area contributed by atoms with Crippen molar-refractivity contribution in [2.75, 3.05) is 19.3 Å². The van der Waals surface area contributed by atoms with Gasteiger partial charge in [-0.15, -0.1) is 0 Å². The number of carbonyl (C=O) groups excluding carboxylic acids is 1.